The number of pyridine rings is 1. The molecule has 1 aromatic heterocycles. The van der Waals surface area contributed by atoms with Gasteiger partial charge in [0.05, 0.1) is 17.3 Å². The van der Waals surface area contributed by atoms with Gasteiger partial charge in [-0.25, -0.2) is 0 Å². The minimum atomic E-state index is 0.841. The maximum atomic E-state index is 5.23. The zero-order valence-electron chi connectivity index (χ0n) is 10.4. The van der Waals surface area contributed by atoms with E-state index in [9.17, 15) is 0 Å². The minimum Gasteiger partial charge on any atom is -0.497 e. The number of benzene rings is 2. The molecule has 3 rings (SSSR count). The van der Waals surface area contributed by atoms with E-state index in [4.69, 9.17) is 4.74 Å². The van der Waals surface area contributed by atoms with Crippen molar-refractivity contribution in [3.63, 3.8) is 0 Å². The second-order valence-electron chi connectivity index (χ2n) is 4.24. The van der Waals surface area contributed by atoms with Crippen LogP contribution >= 0.6 is 15.9 Å². The van der Waals surface area contributed by atoms with E-state index in [2.05, 4.69) is 33.0 Å². The maximum Gasteiger partial charge on any atom is 0.119 e. The maximum absolute atomic E-state index is 5.23. The van der Waals surface area contributed by atoms with Crippen LogP contribution in [0.4, 0.5) is 0 Å². The van der Waals surface area contributed by atoms with E-state index in [0.29, 0.717) is 0 Å². The Bertz CT molecular complexity index is 725. The van der Waals surface area contributed by atoms with Crippen LogP contribution in [0.1, 0.15) is 0 Å². The molecule has 0 saturated heterocycles. The fourth-order valence-corrected chi connectivity index (χ4v) is 2.78. The Kier molecular flexibility index (Phi) is 3.22. The van der Waals surface area contributed by atoms with Crippen molar-refractivity contribution in [1.29, 1.82) is 0 Å². The molecule has 0 saturated carbocycles. The summed E-state index contributed by atoms with van der Waals surface area (Å²) in [7, 11) is 1.67. The highest BCUT2D eigenvalue weighted by Gasteiger charge is 2.09. The van der Waals surface area contributed by atoms with Gasteiger partial charge in [0, 0.05) is 17.1 Å². The highest BCUT2D eigenvalue weighted by atomic mass is 79.9. The van der Waals surface area contributed by atoms with E-state index in [-0.39, 0.29) is 0 Å². The molecule has 0 aliphatic carbocycles. The molecule has 94 valence electrons. The lowest BCUT2D eigenvalue weighted by atomic mass is 10.1. The van der Waals surface area contributed by atoms with Gasteiger partial charge in [0.25, 0.3) is 0 Å². The van der Waals surface area contributed by atoms with Crippen LogP contribution in [0.25, 0.3) is 22.0 Å². The first-order valence-electron chi connectivity index (χ1n) is 5.97. The van der Waals surface area contributed by atoms with Gasteiger partial charge in [0.1, 0.15) is 5.75 Å². The van der Waals surface area contributed by atoms with Crippen LogP contribution in [0.3, 0.4) is 0 Å². The van der Waals surface area contributed by atoms with E-state index < -0.39 is 0 Å². The lowest BCUT2D eigenvalue weighted by Crippen LogP contribution is -1.88. The van der Waals surface area contributed by atoms with Gasteiger partial charge in [-0.2, -0.15) is 0 Å². The number of methoxy groups -OCH3 is 1. The SMILES string of the molecule is COc1ccc2c(Br)c(-c3ccccc3)ncc2c1. The summed E-state index contributed by atoms with van der Waals surface area (Å²) in [6, 6.07) is 16.1. The predicted octanol–water partition coefficient (Wildman–Crippen LogP) is 4.67. The van der Waals surface area contributed by atoms with Crippen LogP contribution < -0.4 is 4.74 Å². The van der Waals surface area contributed by atoms with Crippen LogP contribution in [0.15, 0.2) is 59.2 Å². The third-order valence-corrected chi connectivity index (χ3v) is 3.89. The van der Waals surface area contributed by atoms with Gasteiger partial charge in [-0.1, -0.05) is 30.3 Å². The third kappa shape index (κ3) is 2.22. The zero-order valence-corrected chi connectivity index (χ0v) is 12.0. The average molecular weight is 314 g/mol. The summed E-state index contributed by atoms with van der Waals surface area (Å²) in [5, 5.41) is 2.19. The van der Waals surface area contributed by atoms with Crippen molar-refractivity contribution in [2.75, 3.05) is 7.11 Å². The monoisotopic (exact) mass is 313 g/mol. The molecule has 0 bridgehead atoms. The van der Waals surface area contributed by atoms with E-state index >= 15 is 0 Å². The van der Waals surface area contributed by atoms with Gasteiger partial charge in [0.2, 0.25) is 0 Å². The zero-order chi connectivity index (χ0) is 13.2. The average Bonchev–Trinajstić information content (AvgIpc) is 2.48. The molecular weight excluding hydrogens is 302 g/mol. The molecule has 19 heavy (non-hydrogen) atoms. The van der Waals surface area contributed by atoms with Gasteiger partial charge in [-0.05, 0) is 39.5 Å². The minimum absolute atomic E-state index is 0.841. The summed E-state index contributed by atoms with van der Waals surface area (Å²) in [6.07, 6.45) is 1.88. The number of halogens is 1. The Labute approximate surface area is 120 Å². The molecule has 3 heteroatoms. The van der Waals surface area contributed by atoms with Gasteiger partial charge in [-0.3, -0.25) is 4.98 Å². The number of nitrogens with zero attached hydrogens (tertiary/aromatic N) is 1. The quantitative estimate of drug-likeness (QED) is 0.685. The van der Waals surface area contributed by atoms with Crippen LogP contribution in [0, 0.1) is 0 Å². The molecule has 2 nitrogen and oxygen atoms in total. The van der Waals surface area contributed by atoms with Gasteiger partial charge in [0.15, 0.2) is 0 Å². The number of ether oxygens (including phenoxy) is 1. The molecule has 3 aromatic rings. The smallest absolute Gasteiger partial charge is 0.119 e. The van der Waals surface area contributed by atoms with E-state index in [0.717, 1.165) is 32.3 Å². The summed E-state index contributed by atoms with van der Waals surface area (Å²) in [4.78, 5) is 4.55. The van der Waals surface area contributed by atoms with Crippen molar-refractivity contribution < 1.29 is 4.74 Å². The molecule has 0 radical (unpaired) electrons. The van der Waals surface area contributed by atoms with E-state index in [1.807, 2.05) is 42.6 Å². The second-order valence-corrected chi connectivity index (χ2v) is 5.03. The Morgan fingerprint density at radius 3 is 2.58 bits per heavy atom. The van der Waals surface area contributed by atoms with Crippen LogP contribution in [0.2, 0.25) is 0 Å². The number of hydrogen-bond acceptors (Lipinski definition) is 2. The molecule has 0 atom stereocenters. The van der Waals surface area contributed by atoms with Crippen LogP contribution in [0.5, 0.6) is 5.75 Å². The first-order chi connectivity index (χ1) is 9.29. The first-order valence-corrected chi connectivity index (χ1v) is 6.76. The predicted molar refractivity (Wildman–Crippen MR) is 81.4 cm³/mol. The largest absolute Gasteiger partial charge is 0.497 e. The molecule has 0 aliphatic heterocycles. The molecular formula is C16H12BrNO. The van der Waals surface area contributed by atoms with Crippen molar-refractivity contribution in [3.8, 4) is 17.0 Å². The molecule has 2 aromatic carbocycles. The molecule has 0 aliphatic rings. The Hall–Kier alpha value is -1.87. The fraction of sp³-hybridized carbons (Fsp3) is 0.0625. The number of hydrogen-bond donors (Lipinski definition) is 0. The highest BCUT2D eigenvalue weighted by Crippen LogP contribution is 2.33. The molecule has 0 N–H and O–H groups in total. The summed E-state index contributed by atoms with van der Waals surface area (Å²) < 4.78 is 6.25. The summed E-state index contributed by atoms with van der Waals surface area (Å²) in [5.41, 5.74) is 2.06. The van der Waals surface area contributed by atoms with E-state index in [1.165, 1.54) is 0 Å². The topological polar surface area (TPSA) is 22.1 Å². The Balaban J connectivity index is 2.22. The highest BCUT2D eigenvalue weighted by molar-refractivity contribution is 9.10. The summed E-state index contributed by atoms with van der Waals surface area (Å²) in [6.45, 7) is 0. The Morgan fingerprint density at radius 2 is 1.84 bits per heavy atom. The molecule has 0 spiro atoms. The van der Waals surface area contributed by atoms with Gasteiger partial charge < -0.3 is 4.74 Å². The third-order valence-electron chi connectivity index (χ3n) is 3.08. The Morgan fingerprint density at radius 1 is 1.05 bits per heavy atom. The van der Waals surface area contributed by atoms with Crippen molar-refractivity contribution in [2.24, 2.45) is 0 Å². The van der Waals surface area contributed by atoms with Crippen molar-refractivity contribution in [3.05, 3.63) is 59.2 Å². The molecule has 0 amide bonds. The van der Waals surface area contributed by atoms with Crippen LogP contribution in [-0.2, 0) is 0 Å². The number of rotatable bonds is 2. The standard InChI is InChI=1S/C16H12BrNO/c1-19-13-7-8-14-12(9-13)10-18-16(15(14)17)11-5-3-2-4-6-11/h2-10H,1H3. The van der Waals surface area contributed by atoms with Crippen molar-refractivity contribution in [2.45, 2.75) is 0 Å². The first kappa shape index (κ1) is 12.2. The second kappa shape index (κ2) is 5.02. The summed E-state index contributed by atoms with van der Waals surface area (Å²) in [5.74, 6) is 0.841. The molecule has 0 fully saturated rings. The number of fused-ring (bicyclic) bond motifs is 1. The van der Waals surface area contributed by atoms with Crippen LogP contribution in [-0.4, -0.2) is 12.1 Å². The molecule has 1 heterocycles. The van der Waals surface area contributed by atoms with Gasteiger partial charge >= 0.3 is 0 Å². The fourth-order valence-electron chi connectivity index (χ4n) is 2.09. The normalized spacial score (nSPS) is 10.6. The van der Waals surface area contributed by atoms with E-state index in [1.54, 1.807) is 7.11 Å². The number of aromatic nitrogens is 1. The lowest BCUT2D eigenvalue weighted by Gasteiger charge is -2.08. The molecule has 0 unspecified atom stereocenters. The lowest BCUT2D eigenvalue weighted by molar-refractivity contribution is 0.415. The van der Waals surface area contributed by atoms with Crippen molar-refractivity contribution in [1.82, 2.24) is 4.98 Å². The van der Waals surface area contributed by atoms with Crippen molar-refractivity contribution >= 4 is 26.7 Å². The van der Waals surface area contributed by atoms with Gasteiger partial charge in [-0.15, -0.1) is 0 Å². The summed E-state index contributed by atoms with van der Waals surface area (Å²) >= 11 is 3.66.